The summed E-state index contributed by atoms with van der Waals surface area (Å²) in [6.45, 7) is 2.82. The number of amides is 1. The third kappa shape index (κ3) is 3.94. The van der Waals surface area contributed by atoms with Gasteiger partial charge in [-0.05, 0) is 35.0 Å². The maximum absolute atomic E-state index is 11.5. The third-order valence-corrected chi connectivity index (χ3v) is 3.62. The smallest absolute Gasteiger partial charge is 0.312 e. The van der Waals surface area contributed by atoms with Gasteiger partial charge in [-0.1, -0.05) is 0 Å². The van der Waals surface area contributed by atoms with Crippen LogP contribution >= 0.6 is 27.3 Å². The predicted octanol–water partition coefficient (Wildman–Crippen LogP) is 2.33. The molecule has 0 radical (unpaired) electrons. The largest absolute Gasteiger partial charge is 0.481 e. The molecule has 0 spiro atoms. The minimum Gasteiger partial charge on any atom is -0.481 e. The molecule has 4 nitrogen and oxygen atoms in total. The van der Waals surface area contributed by atoms with Gasteiger partial charge in [-0.25, -0.2) is 0 Å². The van der Waals surface area contributed by atoms with Crippen LogP contribution in [0.3, 0.4) is 0 Å². The van der Waals surface area contributed by atoms with E-state index in [9.17, 15) is 9.59 Å². The molecule has 0 aliphatic heterocycles. The summed E-state index contributed by atoms with van der Waals surface area (Å²) < 4.78 is 1.00. The SMILES string of the molecule is CCN(Cc1ccc(Br)s1)C(=O)CC(=O)O. The second kappa shape index (κ2) is 6.00. The molecule has 16 heavy (non-hydrogen) atoms. The molecular weight excluding hydrogens is 294 g/mol. The molecule has 0 aliphatic carbocycles. The predicted molar refractivity (Wildman–Crippen MR) is 65.4 cm³/mol. The van der Waals surface area contributed by atoms with E-state index in [0.717, 1.165) is 8.66 Å². The van der Waals surface area contributed by atoms with E-state index in [4.69, 9.17) is 5.11 Å². The quantitative estimate of drug-likeness (QED) is 0.850. The topological polar surface area (TPSA) is 57.6 Å². The van der Waals surface area contributed by atoms with E-state index in [0.29, 0.717) is 13.1 Å². The van der Waals surface area contributed by atoms with Crippen LogP contribution in [0.15, 0.2) is 15.9 Å². The third-order valence-electron chi connectivity index (χ3n) is 2.01. The molecule has 1 aromatic rings. The Morgan fingerprint density at radius 2 is 2.19 bits per heavy atom. The standard InChI is InChI=1S/C10H12BrNO3S/c1-2-12(9(13)5-10(14)15)6-7-3-4-8(11)16-7/h3-4H,2,5-6H2,1H3,(H,14,15). The first-order valence-corrected chi connectivity index (χ1v) is 6.37. The minimum absolute atomic E-state index is 0.348. The summed E-state index contributed by atoms with van der Waals surface area (Å²) in [5.74, 6) is -1.43. The number of thiophene rings is 1. The fourth-order valence-electron chi connectivity index (χ4n) is 1.24. The van der Waals surface area contributed by atoms with Gasteiger partial charge in [0.05, 0.1) is 10.3 Å². The average Bonchev–Trinajstić information content (AvgIpc) is 2.59. The van der Waals surface area contributed by atoms with Crippen LogP contribution in [0.1, 0.15) is 18.2 Å². The van der Waals surface area contributed by atoms with Crippen molar-refractivity contribution in [3.63, 3.8) is 0 Å². The van der Waals surface area contributed by atoms with Crippen molar-refractivity contribution in [1.29, 1.82) is 0 Å². The summed E-state index contributed by atoms with van der Waals surface area (Å²) >= 11 is 4.89. The van der Waals surface area contributed by atoms with Crippen LogP contribution in [0.25, 0.3) is 0 Å². The molecular formula is C10H12BrNO3S. The Hall–Kier alpha value is -0.880. The molecule has 0 bridgehead atoms. The van der Waals surface area contributed by atoms with Crippen molar-refractivity contribution in [3.8, 4) is 0 Å². The van der Waals surface area contributed by atoms with Gasteiger partial charge in [0.2, 0.25) is 5.91 Å². The molecule has 0 aromatic carbocycles. The van der Waals surface area contributed by atoms with Crippen molar-refractivity contribution in [3.05, 3.63) is 20.8 Å². The molecule has 6 heteroatoms. The fraction of sp³-hybridized carbons (Fsp3) is 0.400. The van der Waals surface area contributed by atoms with Crippen LogP contribution in [0.5, 0.6) is 0 Å². The van der Waals surface area contributed by atoms with Gasteiger partial charge in [-0.15, -0.1) is 11.3 Å². The highest BCUT2D eigenvalue weighted by Gasteiger charge is 2.16. The minimum atomic E-state index is -1.09. The second-order valence-corrected chi connectivity index (χ2v) is 5.73. The van der Waals surface area contributed by atoms with Gasteiger partial charge in [0.1, 0.15) is 6.42 Å². The number of carboxylic acids is 1. The van der Waals surface area contributed by atoms with E-state index in [1.54, 1.807) is 11.3 Å². The molecule has 0 fully saturated rings. The average molecular weight is 306 g/mol. The van der Waals surface area contributed by atoms with Crippen LogP contribution in [-0.4, -0.2) is 28.4 Å². The lowest BCUT2D eigenvalue weighted by Crippen LogP contribution is -2.31. The first kappa shape index (κ1) is 13.2. The number of halogens is 1. The summed E-state index contributed by atoms with van der Waals surface area (Å²) in [7, 11) is 0. The Morgan fingerprint density at radius 1 is 1.50 bits per heavy atom. The van der Waals surface area contributed by atoms with E-state index in [1.807, 2.05) is 19.1 Å². The molecule has 1 aromatic heterocycles. The van der Waals surface area contributed by atoms with Gasteiger partial charge in [0.25, 0.3) is 0 Å². The number of hydrogen-bond acceptors (Lipinski definition) is 3. The number of rotatable bonds is 5. The molecule has 1 amide bonds. The monoisotopic (exact) mass is 305 g/mol. The van der Waals surface area contributed by atoms with E-state index >= 15 is 0 Å². The maximum Gasteiger partial charge on any atom is 0.312 e. The molecule has 0 saturated carbocycles. The van der Waals surface area contributed by atoms with Crippen molar-refractivity contribution in [2.24, 2.45) is 0 Å². The van der Waals surface area contributed by atoms with E-state index in [1.165, 1.54) is 4.90 Å². The Bertz CT molecular complexity index is 391. The lowest BCUT2D eigenvalue weighted by molar-refractivity contribution is -0.144. The number of hydrogen-bond donors (Lipinski definition) is 1. The Labute approximate surface area is 106 Å². The fourth-order valence-corrected chi connectivity index (χ4v) is 2.74. The summed E-state index contributed by atoms with van der Waals surface area (Å²) in [5, 5.41) is 8.55. The molecule has 0 atom stereocenters. The summed E-state index contributed by atoms with van der Waals surface area (Å²) in [5.41, 5.74) is 0. The van der Waals surface area contributed by atoms with Crippen molar-refractivity contribution in [1.82, 2.24) is 4.90 Å². The molecule has 1 N–H and O–H groups in total. The van der Waals surface area contributed by atoms with Gasteiger partial charge in [0.15, 0.2) is 0 Å². The second-order valence-electron chi connectivity index (χ2n) is 3.18. The zero-order chi connectivity index (χ0) is 12.1. The van der Waals surface area contributed by atoms with Crippen LogP contribution in [-0.2, 0) is 16.1 Å². The van der Waals surface area contributed by atoms with Gasteiger partial charge in [-0.2, -0.15) is 0 Å². The van der Waals surface area contributed by atoms with Crippen LogP contribution in [0.4, 0.5) is 0 Å². The molecule has 0 unspecified atom stereocenters. The molecule has 0 saturated heterocycles. The Morgan fingerprint density at radius 3 is 2.62 bits per heavy atom. The zero-order valence-electron chi connectivity index (χ0n) is 8.77. The zero-order valence-corrected chi connectivity index (χ0v) is 11.2. The van der Waals surface area contributed by atoms with Crippen LogP contribution in [0.2, 0.25) is 0 Å². The van der Waals surface area contributed by atoms with Gasteiger partial charge >= 0.3 is 5.97 Å². The normalized spacial score (nSPS) is 10.1. The lowest BCUT2D eigenvalue weighted by atomic mass is 10.3. The first-order valence-electron chi connectivity index (χ1n) is 4.76. The molecule has 88 valence electrons. The highest BCUT2D eigenvalue weighted by Crippen LogP contribution is 2.23. The molecule has 1 heterocycles. The van der Waals surface area contributed by atoms with Gasteiger partial charge in [0, 0.05) is 11.4 Å². The highest BCUT2D eigenvalue weighted by molar-refractivity contribution is 9.11. The lowest BCUT2D eigenvalue weighted by Gasteiger charge is -2.18. The number of carboxylic acid groups (broad SMARTS) is 1. The maximum atomic E-state index is 11.5. The summed E-state index contributed by atoms with van der Waals surface area (Å²) in [4.78, 5) is 24.5. The number of nitrogens with zero attached hydrogens (tertiary/aromatic N) is 1. The van der Waals surface area contributed by atoms with Crippen molar-refractivity contribution in [2.45, 2.75) is 19.9 Å². The number of carbonyl (C=O) groups is 2. The first-order chi connectivity index (χ1) is 7.52. The van der Waals surface area contributed by atoms with Gasteiger partial charge in [-0.3, -0.25) is 9.59 Å². The molecule has 1 rings (SSSR count). The van der Waals surface area contributed by atoms with Crippen LogP contribution < -0.4 is 0 Å². The van der Waals surface area contributed by atoms with E-state index in [2.05, 4.69) is 15.9 Å². The summed E-state index contributed by atoms with van der Waals surface area (Å²) in [6.07, 6.45) is -0.444. The highest BCUT2D eigenvalue weighted by atomic mass is 79.9. The summed E-state index contributed by atoms with van der Waals surface area (Å²) in [6, 6.07) is 3.83. The van der Waals surface area contributed by atoms with Crippen LogP contribution in [0, 0.1) is 0 Å². The van der Waals surface area contributed by atoms with Crippen molar-refractivity contribution in [2.75, 3.05) is 6.54 Å². The Kier molecular flexibility index (Phi) is 4.95. The van der Waals surface area contributed by atoms with Gasteiger partial charge < -0.3 is 10.0 Å². The van der Waals surface area contributed by atoms with Crippen molar-refractivity contribution < 1.29 is 14.7 Å². The number of aliphatic carboxylic acids is 1. The van der Waals surface area contributed by atoms with Crippen molar-refractivity contribution >= 4 is 39.1 Å². The Balaban J connectivity index is 2.61. The van der Waals surface area contributed by atoms with E-state index < -0.39 is 12.4 Å². The molecule has 0 aliphatic rings. The number of carbonyl (C=O) groups excluding carboxylic acids is 1. The van der Waals surface area contributed by atoms with E-state index in [-0.39, 0.29) is 5.91 Å².